The number of allylic oxidation sites excluding steroid dienone is 2. The van der Waals surface area contributed by atoms with Crippen molar-refractivity contribution in [3.63, 3.8) is 0 Å². The molecule has 0 saturated carbocycles. The fourth-order valence-electron chi connectivity index (χ4n) is 2.34. The summed E-state index contributed by atoms with van der Waals surface area (Å²) < 4.78 is 0. The van der Waals surface area contributed by atoms with Crippen molar-refractivity contribution in [2.24, 2.45) is 0 Å². The van der Waals surface area contributed by atoms with E-state index < -0.39 is 0 Å². The molecule has 0 atom stereocenters. The standard InChI is InChI=1S/C13H10N.C5H8O2.Ir/c1-2-6-12-10(4-1)7-8-11-5-3-9-14-13(11)12;1-4(6)3-5(2)7;/h1-5,9H,7-8H2;3,6H,1-2H3;/q-1;;/p+1/b;4-3-;. The molecule has 1 heterocycles. The van der Waals surface area contributed by atoms with Crippen LogP contribution in [0.4, 0.5) is 0 Å². The Hall–Kier alpha value is -1.77. The Bertz CT molecular complexity index is 631. The van der Waals surface area contributed by atoms with Crippen LogP contribution in [-0.2, 0) is 32.9 Å². The summed E-state index contributed by atoms with van der Waals surface area (Å²) in [5.41, 5.74) is 5.03. The second kappa shape index (κ2) is 8.62. The summed E-state index contributed by atoms with van der Waals surface area (Å²) in [6.07, 6.45) is 5.36. The number of rotatable bonds is 1. The number of carbonyl (C=O) groups excluding carboxylic acids is 1. The van der Waals surface area contributed by atoms with Crippen molar-refractivity contribution < 1.29 is 30.0 Å². The van der Waals surface area contributed by atoms with E-state index in [0.717, 1.165) is 18.5 Å². The van der Waals surface area contributed by atoms with E-state index in [1.165, 1.54) is 36.6 Å². The number of benzene rings is 1. The molecule has 22 heavy (non-hydrogen) atoms. The van der Waals surface area contributed by atoms with Crippen molar-refractivity contribution in [1.82, 2.24) is 4.98 Å². The zero-order chi connectivity index (χ0) is 15.2. The Labute approximate surface area is 144 Å². The first-order valence-electron chi connectivity index (χ1n) is 6.91. The molecule has 0 fully saturated rings. The van der Waals surface area contributed by atoms with Crippen molar-refractivity contribution in [2.45, 2.75) is 26.7 Å². The molecular formula is C18H19IrNO2. The minimum Gasteiger partial charge on any atom is -0.512 e. The molecule has 0 amide bonds. The van der Waals surface area contributed by atoms with E-state index >= 15 is 0 Å². The first-order valence-corrected chi connectivity index (χ1v) is 6.91. The summed E-state index contributed by atoms with van der Waals surface area (Å²) in [5, 5.41) is 8.40. The minimum absolute atomic E-state index is 0. The maximum atomic E-state index is 8.40. The molecule has 1 radical (unpaired) electrons. The number of pyridine rings is 1. The van der Waals surface area contributed by atoms with Crippen molar-refractivity contribution >= 4 is 5.78 Å². The van der Waals surface area contributed by atoms with E-state index in [-0.39, 0.29) is 31.6 Å². The van der Waals surface area contributed by atoms with Crippen LogP contribution in [0.25, 0.3) is 11.3 Å². The van der Waals surface area contributed by atoms with Crippen LogP contribution in [0.3, 0.4) is 0 Å². The van der Waals surface area contributed by atoms with Gasteiger partial charge in [-0.25, -0.2) is 0 Å². The Morgan fingerprint density at radius 3 is 2.55 bits per heavy atom. The fourth-order valence-corrected chi connectivity index (χ4v) is 2.34. The number of aliphatic hydroxyl groups is 1. The van der Waals surface area contributed by atoms with E-state index in [2.05, 4.69) is 23.2 Å². The molecule has 3 nitrogen and oxygen atoms in total. The summed E-state index contributed by atoms with van der Waals surface area (Å²) in [5.74, 6) is 0.250. The van der Waals surface area contributed by atoms with Gasteiger partial charge < -0.3 is 10.1 Å². The number of fused-ring (bicyclic) bond motifs is 3. The number of aryl methyl sites for hydroxylation is 2. The number of hydrogen-bond donors (Lipinski definition) is 1. The molecular weight excluding hydrogens is 454 g/mol. The van der Waals surface area contributed by atoms with Crippen molar-refractivity contribution in [2.75, 3.05) is 0 Å². The van der Waals surface area contributed by atoms with E-state index in [1.807, 2.05) is 24.4 Å². The van der Waals surface area contributed by atoms with Gasteiger partial charge in [0.15, 0.2) is 0 Å². The predicted octanol–water partition coefficient (Wildman–Crippen LogP) is 3.66. The van der Waals surface area contributed by atoms with Crippen LogP contribution in [0.15, 0.2) is 48.4 Å². The van der Waals surface area contributed by atoms with Gasteiger partial charge in [0.2, 0.25) is 0 Å². The predicted molar refractivity (Wildman–Crippen MR) is 84.9 cm³/mol. The Morgan fingerprint density at radius 2 is 1.91 bits per heavy atom. The number of nitrogens with zero attached hydrogens (tertiary/aromatic N) is 1. The molecule has 0 spiro atoms. The first-order chi connectivity index (χ1) is 10.1. The summed E-state index contributed by atoms with van der Waals surface area (Å²) >= 11 is 0. The number of aliphatic hydroxyl groups excluding tert-OH is 1. The van der Waals surface area contributed by atoms with Gasteiger partial charge in [0, 0.05) is 26.3 Å². The molecule has 1 aliphatic rings. The molecule has 117 valence electrons. The van der Waals surface area contributed by atoms with Crippen LogP contribution in [-0.4, -0.2) is 20.7 Å². The maximum Gasteiger partial charge on any atom is 0.316 e. The smallest absolute Gasteiger partial charge is 0.316 e. The maximum absolute atomic E-state index is 8.40. The number of aromatic nitrogens is 1. The summed E-state index contributed by atoms with van der Waals surface area (Å²) in [4.78, 5) is 12.8. The van der Waals surface area contributed by atoms with Gasteiger partial charge in [-0.3, -0.25) is 4.79 Å². The van der Waals surface area contributed by atoms with Gasteiger partial charge in [-0.1, -0.05) is 18.1 Å². The Balaban J connectivity index is 0.000000264. The van der Waals surface area contributed by atoms with Gasteiger partial charge in [-0.15, -0.1) is 35.4 Å². The molecule has 3 rings (SSSR count). The van der Waals surface area contributed by atoms with Crippen LogP contribution < -0.4 is 0 Å². The van der Waals surface area contributed by atoms with E-state index in [4.69, 9.17) is 9.90 Å². The Morgan fingerprint density at radius 1 is 1.23 bits per heavy atom. The third-order valence-electron chi connectivity index (χ3n) is 3.15. The Kier molecular flexibility index (Phi) is 7.16. The van der Waals surface area contributed by atoms with Gasteiger partial charge in [0.25, 0.3) is 0 Å². The van der Waals surface area contributed by atoms with Crippen LogP contribution in [0.2, 0.25) is 0 Å². The van der Waals surface area contributed by atoms with Crippen LogP contribution in [0.5, 0.6) is 0 Å². The van der Waals surface area contributed by atoms with Crippen molar-refractivity contribution in [3.05, 3.63) is 65.6 Å². The fraction of sp³-hybridized carbons (Fsp3) is 0.222. The summed E-state index contributed by atoms with van der Waals surface area (Å²) in [7, 11) is 0. The average molecular weight is 474 g/mol. The SMILES string of the molecule is CC(=[OH+])/C=C(/C)O.[Ir].[c-]1cccc2c1-c1ncccc1CC2. The van der Waals surface area contributed by atoms with Gasteiger partial charge in [0.05, 0.1) is 18.8 Å². The largest absolute Gasteiger partial charge is 0.512 e. The normalized spacial score (nSPS) is 12.0. The molecule has 1 aromatic carbocycles. The second-order valence-electron chi connectivity index (χ2n) is 5.01. The third-order valence-corrected chi connectivity index (χ3v) is 3.15. The molecule has 0 unspecified atom stereocenters. The average Bonchev–Trinajstić information content (AvgIpc) is 2.46. The number of hydrogen-bond acceptors (Lipinski definition) is 2. The minimum atomic E-state index is 0. The van der Waals surface area contributed by atoms with E-state index in [9.17, 15) is 0 Å². The van der Waals surface area contributed by atoms with Gasteiger partial charge in [-0.05, 0) is 25.1 Å². The van der Waals surface area contributed by atoms with Crippen LogP contribution in [0, 0.1) is 6.07 Å². The van der Waals surface area contributed by atoms with Gasteiger partial charge in [-0.2, -0.15) is 0 Å². The second-order valence-corrected chi connectivity index (χ2v) is 5.01. The number of ketones is 1. The van der Waals surface area contributed by atoms with E-state index in [1.54, 1.807) is 0 Å². The molecule has 2 aromatic rings. The summed E-state index contributed by atoms with van der Waals surface area (Å²) in [6, 6.07) is 13.6. The third kappa shape index (κ3) is 4.90. The molecule has 1 aromatic heterocycles. The van der Waals surface area contributed by atoms with Gasteiger partial charge in [0.1, 0.15) is 0 Å². The monoisotopic (exact) mass is 474 g/mol. The molecule has 2 N–H and O–H groups in total. The van der Waals surface area contributed by atoms with E-state index in [0.29, 0.717) is 0 Å². The van der Waals surface area contributed by atoms with Crippen molar-refractivity contribution in [1.29, 1.82) is 0 Å². The quantitative estimate of drug-likeness (QED) is 0.298. The topological polar surface area (TPSA) is 54.5 Å². The van der Waals surface area contributed by atoms with Crippen LogP contribution >= 0.6 is 0 Å². The molecule has 0 bridgehead atoms. The van der Waals surface area contributed by atoms with Crippen molar-refractivity contribution in [3.8, 4) is 11.3 Å². The zero-order valence-corrected chi connectivity index (χ0v) is 15.0. The molecule has 0 aliphatic heterocycles. The molecule has 0 saturated heterocycles. The summed E-state index contributed by atoms with van der Waals surface area (Å²) in [6.45, 7) is 3.00. The van der Waals surface area contributed by atoms with Gasteiger partial charge >= 0.3 is 5.78 Å². The molecule has 4 heteroatoms. The zero-order valence-electron chi connectivity index (χ0n) is 12.6. The van der Waals surface area contributed by atoms with Crippen LogP contribution in [0.1, 0.15) is 25.0 Å². The first kappa shape index (κ1) is 18.3. The molecule has 1 aliphatic carbocycles.